The van der Waals surface area contributed by atoms with Gasteiger partial charge < -0.3 is 4.90 Å². The van der Waals surface area contributed by atoms with Crippen LogP contribution in [0.3, 0.4) is 0 Å². The summed E-state index contributed by atoms with van der Waals surface area (Å²) in [7, 11) is 0. The van der Waals surface area contributed by atoms with Crippen LogP contribution in [0.15, 0.2) is 36.4 Å². The van der Waals surface area contributed by atoms with E-state index < -0.39 is 5.91 Å². The minimum atomic E-state index is -0.451. The minimum Gasteiger partial charge on any atom is -0.312 e. The number of anilines is 2. The Morgan fingerprint density at radius 3 is 2.57 bits per heavy atom. The van der Waals surface area contributed by atoms with Gasteiger partial charge in [-0.1, -0.05) is 46.7 Å². The molecule has 0 aliphatic carbocycles. The average molecular weight is 461 g/mol. The van der Waals surface area contributed by atoms with Gasteiger partial charge in [0.15, 0.2) is 0 Å². The third kappa shape index (κ3) is 4.05. The van der Waals surface area contributed by atoms with Crippen LogP contribution in [0.2, 0.25) is 10.0 Å². The molecule has 30 heavy (non-hydrogen) atoms. The van der Waals surface area contributed by atoms with Gasteiger partial charge in [0, 0.05) is 24.6 Å². The number of nitrogens with one attached hydrogen (secondary N) is 1. The molecule has 2 heterocycles. The maximum Gasteiger partial charge on any atom is 0.260 e. The molecule has 154 valence electrons. The molecule has 1 aliphatic rings. The van der Waals surface area contributed by atoms with Gasteiger partial charge in [-0.05, 0) is 49.2 Å². The first-order valence-corrected chi connectivity index (χ1v) is 10.9. The highest BCUT2D eigenvalue weighted by molar-refractivity contribution is 7.15. The molecule has 1 aromatic heterocycles. The molecule has 4 rings (SSSR count). The Labute approximate surface area is 187 Å². The molecular formula is C21H18Cl2N4O2S. The third-order valence-electron chi connectivity index (χ3n) is 5.13. The number of hydrogen-bond acceptors (Lipinski definition) is 5. The number of nitrogens with zero attached hydrogens (tertiary/aromatic N) is 3. The Hall–Kier alpha value is -2.48. The number of hydrogen-bond donors (Lipinski definition) is 1. The van der Waals surface area contributed by atoms with Crippen molar-refractivity contribution in [2.45, 2.75) is 26.2 Å². The predicted octanol–water partition coefficient (Wildman–Crippen LogP) is 5.23. The van der Waals surface area contributed by atoms with Crippen LogP contribution in [0.25, 0.3) is 0 Å². The number of aryl methyl sites for hydroxylation is 2. The molecule has 1 unspecified atom stereocenters. The smallest absolute Gasteiger partial charge is 0.260 e. The van der Waals surface area contributed by atoms with Crippen molar-refractivity contribution in [2.24, 2.45) is 0 Å². The van der Waals surface area contributed by atoms with Gasteiger partial charge in [-0.3, -0.25) is 14.9 Å². The molecule has 3 aromatic rings. The summed E-state index contributed by atoms with van der Waals surface area (Å²) in [6.45, 7) is 4.60. The molecule has 0 spiro atoms. The molecule has 6 nitrogen and oxygen atoms in total. The van der Waals surface area contributed by atoms with E-state index in [1.54, 1.807) is 23.1 Å². The molecule has 2 amide bonds. The molecule has 1 N–H and O–H groups in total. The van der Waals surface area contributed by atoms with Crippen molar-refractivity contribution in [1.29, 1.82) is 0 Å². The lowest BCUT2D eigenvalue weighted by molar-refractivity contribution is -0.117. The SMILES string of the molecule is Cc1ccc(N2CC(c3nnc(NC(=O)c4c(Cl)cccc4Cl)s3)CC2=O)cc1C. The van der Waals surface area contributed by atoms with Gasteiger partial charge in [0.25, 0.3) is 5.91 Å². The van der Waals surface area contributed by atoms with Gasteiger partial charge in [-0.15, -0.1) is 10.2 Å². The molecule has 0 bridgehead atoms. The van der Waals surface area contributed by atoms with Gasteiger partial charge in [-0.2, -0.15) is 0 Å². The predicted molar refractivity (Wildman–Crippen MR) is 120 cm³/mol. The fraction of sp³-hybridized carbons (Fsp3) is 0.238. The van der Waals surface area contributed by atoms with Crippen molar-refractivity contribution in [1.82, 2.24) is 10.2 Å². The zero-order valence-electron chi connectivity index (χ0n) is 16.3. The van der Waals surface area contributed by atoms with Crippen LogP contribution < -0.4 is 10.2 Å². The zero-order chi connectivity index (χ0) is 21.4. The van der Waals surface area contributed by atoms with Crippen LogP contribution in [0.4, 0.5) is 10.8 Å². The van der Waals surface area contributed by atoms with Gasteiger partial charge in [-0.25, -0.2) is 0 Å². The van der Waals surface area contributed by atoms with E-state index in [4.69, 9.17) is 23.2 Å². The second kappa shape index (κ2) is 8.34. The lowest BCUT2D eigenvalue weighted by Gasteiger charge is -2.17. The van der Waals surface area contributed by atoms with Crippen molar-refractivity contribution in [3.8, 4) is 0 Å². The Bertz CT molecular complexity index is 1130. The van der Waals surface area contributed by atoms with E-state index in [0.717, 1.165) is 11.3 Å². The summed E-state index contributed by atoms with van der Waals surface area (Å²) in [6, 6.07) is 10.9. The quantitative estimate of drug-likeness (QED) is 0.577. The molecular weight excluding hydrogens is 443 g/mol. The second-order valence-electron chi connectivity index (χ2n) is 7.17. The topological polar surface area (TPSA) is 75.2 Å². The van der Waals surface area contributed by atoms with E-state index in [-0.39, 0.29) is 27.4 Å². The van der Waals surface area contributed by atoms with Crippen molar-refractivity contribution < 1.29 is 9.59 Å². The van der Waals surface area contributed by atoms with E-state index in [9.17, 15) is 9.59 Å². The van der Waals surface area contributed by atoms with Gasteiger partial charge in [0.1, 0.15) is 5.01 Å². The van der Waals surface area contributed by atoms with E-state index in [1.807, 2.05) is 32.0 Å². The number of aromatic nitrogens is 2. The maximum atomic E-state index is 12.6. The summed E-state index contributed by atoms with van der Waals surface area (Å²) >= 11 is 13.4. The summed E-state index contributed by atoms with van der Waals surface area (Å²) in [5.74, 6) is -0.481. The third-order valence-corrected chi connectivity index (χ3v) is 6.76. The monoisotopic (exact) mass is 460 g/mol. The first-order chi connectivity index (χ1) is 14.3. The van der Waals surface area contributed by atoms with E-state index in [2.05, 4.69) is 15.5 Å². The van der Waals surface area contributed by atoms with Gasteiger partial charge in [0.05, 0.1) is 15.6 Å². The molecule has 0 radical (unpaired) electrons. The van der Waals surface area contributed by atoms with Crippen LogP contribution in [-0.4, -0.2) is 28.6 Å². The largest absolute Gasteiger partial charge is 0.312 e. The van der Waals surface area contributed by atoms with Crippen LogP contribution >= 0.6 is 34.5 Å². The van der Waals surface area contributed by atoms with Crippen LogP contribution in [0.1, 0.15) is 38.8 Å². The molecule has 9 heteroatoms. The lowest BCUT2D eigenvalue weighted by atomic mass is 10.1. The van der Waals surface area contributed by atoms with Crippen molar-refractivity contribution in [3.63, 3.8) is 0 Å². The summed E-state index contributed by atoms with van der Waals surface area (Å²) in [5.41, 5.74) is 3.40. The standard InChI is InChI=1S/C21H18Cl2N4O2S/c1-11-6-7-14(8-12(11)2)27-10-13(9-17(27)28)20-25-26-21(30-20)24-19(29)18-15(22)4-3-5-16(18)23/h3-8,13H,9-10H2,1-2H3,(H,24,26,29). The number of carbonyl (C=O) groups excluding carboxylic acids is 2. The number of carbonyl (C=O) groups is 2. The Balaban J connectivity index is 1.48. The van der Waals surface area contributed by atoms with Crippen LogP contribution in [-0.2, 0) is 4.79 Å². The molecule has 1 atom stereocenters. The van der Waals surface area contributed by atoms with Crippen molar-refractivity contribution in [3.05, 3.63) is 68.1 Å². The molecule has 1 aliphatic heterocycles. The Kier molecular flexibility index (Phi) is 5.77. The fourth-order valence-electron chi connectivity index (χ4n) is 3.34. The molecule has 2 aromatic carbocycles. The first-order valence-electron chi connectivity index (χ1n) is 9.30. The Morgan fingerprint density at radius 1 is 1.13 bits per heavy atom. The average Bonchev–Trinajstić information content (AvgIpc) is 3.30. The summed E-state index contributed by atoms with van der Waals surface area (Å²) in [5, 5.41) is 12.5. The van der Waals surface area contributed by atoms with E-state index in [0.29, 0.717) is 23.1 Å². The summed E-state index contributed by atoms with van der Waals surface area (Å²) in [4.78, 5) is 26.9. The van der Waals surface area contributed by atoms with E-state index >= 15 is 0 Å². The second-order valence-corrected chi connectivity index (χ2v) is 8.99. The molecule has 1 saturated heterocycles. The lowest BCUT2D eigenvalue weighted by Crippen LogP contribution is -2.24. The van der Waals surface area contributed by atoms with E-state index in [1.165, 1.54) is 16.9 Å². The molecule has 1 fully saturated rings. The minimum absolute atomic E-state index is 0.0480. The molecule has 0 saturated carbocycles. The summed E-state index contributed by atoms with van der Waals surface area (Å²) < 4.78 is 0. The van der Waals surface area contributed by atoms with Crippen molar-refractivity contribution >= 4 is 57.2 Å². The highest BCUT2D eigenvalue weighted by Crippen LogP contribution is 2.35. The number of benzene rings is 2. The highest BCUT2D eigenvalue weighted by Gasteiger charge is 2.34. The normalized spacial score (nSPS) is 16.2. The highest BCUT2D eigenvalue weighted by atomic mass is 35.5. The summed E-state index contributed by atoms with van der Waals surface area (Å²) in [6.07, 6.45) is 0.353. The van der Waals surface area contributed by atoms with Crippen molar-refractivity contribution in [2.75, 3.05) is 16.8 Å². The van der Waals surface area contributed by atoms with Crippen LogP contribution in [0.5, 0.6) is 0 Å². The number of halogens is 2. The first kappa shape index (κ1) is 20.8. The fourth-order valence-corrected chi connectivity index (χ4v) is 4.74. The van der Waals surface area contributed by atoms with Gasteiger partial charge >= 0.3 is 0 Å². The number of amides is 2. The maximum absolute atomic E-state index is 12.6. The van der Waals surface area contributed by atoms with Gasteiger partial charge in [0.2, 0.25) is 11.0 Å². The number of rotatable bonds is 4. The van der Waals surface area contributed by atoms with Crippen LogP contribution in [0, 0.1) is 13.8 Å². The Morgan fingerprint density at radius 2 is 1.87 bits per heavy atom. The zero-order valence-corrected chi connectivity index (χ0v) is 18.6.